The number of Topliss-reactive ketones (excluding diaryl/α,β-unsaturated/α-hetero) is 1. The SMILES string of the molecule is O=C(CCCCCN1C(=O)C=CC1=O)NCCC(=O)Nc1cc(COC(=O)CCCSCC(=O)C(C[C@@H]2CNC[C@@H]2F)[C@@H](c2nc(-c3cc(F)ccc3F)cn2Cc2ccccc2)C2CCOCC2)ccc1O[C@H]1O[C@@H](C(=O)O)[C@@H](O)[C@H](O)[C@H]1O. The van der Waals surface area contributed by atoms with E-state index in [1.165, 1.54) is 42.1 Å². The first-order valence-electron chi connectivity index (χ1n) is 28.5. The highest BCUT2D eigenvalue weighted by Gasteiger charge is 2.48. The molecule has 1 unspecified atom stereocenters. The molecule has 3 aromatic carbocycles. The van der Waals surface area contributed by atoms with Gasteiger partial charge in [0.25, 0.3) is 11.8 Å². The number of imide groups is 1. The Morgan fingerprint density at radius 1 is 0.847 bits per heavy atom. The summed E-state index contributed by atoms with van der Waals surface area (Å²) in [7, 11) is 0. The summed E-state index contributed by atoms with van der Waals surface area (Å²) in [4.78, 5) is 95.3. The predicted octanol–water partition coefficient (Wildman–Crippen LogP) is 4.98. The number of hydrogen-bond acceptors (Lipinski definition) is 17. The average molecular weight is 1210 g/mol. The Kier molecular flexibility index (Phi) is 23.3. The Morgan fingerprint density at radius 2 is 1.61 bits per heavy atom. The number of carbonyl (C=O) groups is 7. The number of aromatic nitrogens is 2. The molecule has 85 heavy (non-hydrogen) atoms. The van der Waals surface area contributed by atoms with Crippen LogP contribution in [0.1, 0.15) is 87.1 Å². The van der Waals surface area contributed by atoms with Crippen LogP contribution < -0.4 is 20.7 Å². The third-order valence-corrected chi connectivity index (χ3v) is 16.6. The van der Waals surface area contributed by atoms with Gasteiger partial charge in [-0.3, -0.25) is 33.7 Å². The first kappa shape index (κ1) is 64.0. The third kappa shape index (κ3) is 17.6. The van der Waals surface area contributed by atoms with Gasteiger partial charge in [-0.1, -0.05) is 42.8 Å². The first-order valence-corrected chi connectivity index (χ1v) is 29.7. The molecule has 1 aromatic heterocycles. The van der Waals surface area contributed by atoms with E-state index in [9.17, 15) is 58.4 Å². The number of amides is 4. The zero-order valence-corrected chi connectivity index (χ0v) is 47.5. The molecule has 0 saturated carbocycles. The lowest BCUT2D eigenvalue weighted by atomic mass is 9.72. The highest BCUT2D eigenvalue weighted by Crippen LogP contribution is 2.43. The number of anilines is 1. The third-order valence-electron chi connectivity index (χ3n) is 15.5. The maximum absolute atomic E-state index is 15.6. The van der Waals surface area contributed by atoms with Crippen molar-refractivity contribution in [3.05, 3.63) is 114 Å². The molecule has 21 nitrogen and oxygen atoms in total. The highest BCUT2D eigenvalue weighted by molar-refractivity contribution is 7.99. The number of nitrogens with zero attached hydrogens (tertiary/aromatic N) is 3. The topological polar surface area (TPSA) is 294 Å². The van der Waals surface area contributed by atoms with Crippen molar-refractivity contribution in [3.8, 4) is 17.0 Å². The molecule has 25 heteroatoms. The summed E-state index contributed by atoms with van der Waals surface area (Å²) in [6.45, 7) is 1.56. The predicted molar refractivity (Wildman–Crippen MR) is 302 cm³/mol. The number of halogens is 3. The van der Waals surface area contributed by atoms with Gasteiger partial charge in [0.2, 0.25) is 18.1 Å². The summed E-state index contributed by atoms with van der Waals surface area (Å²) in [6.07, 6.45) is -3.79. The lowest BCUT2D eigenvalue weighted by Gasteiger charge is -2.38. The number of aliphatic hydroxyl groups excluding tert-OH is 3. The largest absolute Gasteiger partial charge is 0.479 e. The molecule has 8 rings (SSSR count). The molecule has 3 fully saturated rings. The fourth-order valence-electron chi connectivity index (χ4n) is 10.9. The molecule has 5 heterocycles. The van der Waals surface area contributed by atoms with Gasteiger partial charge in [-0.2, -0.15) is 11.8 Å². The number of carboxylic acid groups (broad SMARTS) is 1. The Hall–Kier alpha value is -7.00. The molecular formula is C60H71F3N6O15S. The molecule has 4 aliphatic rings. The molecule has 0 bridgehead atoms. The minimum atomic E-state index is -2.00. The number of esters is 1. The fraction of sp³-hybridized carbons (Fsp3) is 0.500. The lowest BCUT2D eigenvalue weighted by Crippen LogP contribution is -2.61. The number of ether oxygens (including phenoxy) is 4. The van der Waals surface area contributed by atoms with E-state index in [1.807, 2.05) is 34.9 Å². The molecule has 4 amide bonds. The van der Waals surface area contributed by atoms with Crippen LogP contribution in [0.3, 0.4) is 0 Å². The molecule has 0 radical (unpaired) electrons. The molecule has 4 aromatic rings. The van der Waals surface area contributed by atoms with Crippen molar-refractivity contribution in [1.29, 1.82) is 0 Å². The number of benzene rings is 3. The Bertz CT molecular complexity index is 3000. The van der Waals surface area contributed by atoms with Crippen LogP contribution in [0.2, 0.25) is 0 Å². The van der Waals surface area contributed by atoms with E-state index < -0.39 is 84.1 Å². The number of aliphatic hydroxyl groups is 3. The van der Waals surface area contributed by atoms with Crippen LogP contribution in [0.25, 0.3) is 11.3 Å². The number of ketones is 1. The van der Waals surface area contributed by atoms with Gasteiger partial charge in [0, 0.05) is 107 Å². The number of carboxylic acids is 1. The molecular weight excluding hydrogens is 1130 g/mol. The van der Waals surface area contributed by atoms with E-state index in [0.29, 0.717) is 82.0 Å². The van der Waals surface area contributed by atoms with Crippen molar-refractivity contribution in [3.63, 3.8) is 0 Å². The van der Waals surface area contributed by atoms with Crippen molar-refractivity contribution < 1.29 is 86.1 Å². The van der Waals surface area contributed by atoms with Gasteiger partial charge in [-0.05, 0) is 91.7 Å². The van der Waals surface area contributed by atoms with E-state index in [4.69, 9.17) is 23.9 Å². The van der Waals surface area contributed by atoms with Gasteiger partial charge in [0.05, 0.1) is 17.1 Å². The maximum atomic E-state index is 15.6. The van der Waals surface area contributed by atoms with Crippen molar-refractivity contribution in [2.45, 2.75) is 120 Å². The zero-order chi connectivity index (χ0) is 60.6. The van der Waals surface area contributed by atoms with Crippen LogP contribution >= 0.6 is 11.8 Å². The second-order valence-electron chi connectivity index (χ2n) is 21.6. The summed E-state index contributed by atoms with van der Waals surface area (Å²) >= 11 is 1.32. The number of rotatable bonds is 30. The minimum Gasteiger partial charge on any atom is -0.479 e. The Labute approximate surface area is 493 Å². The Morgan fingerprint density at radius 3 is 2.34 bits per heavy atom. The van der Waals surface area contributed by atoms with Crippen LogP contribution in [-0.2, 0) is 60.9 Å². The van der Waals surface area contributed by atoms with Gasteiger partial charge in [-0.15, -0.1) is 0 Å². The number of unbranched alkanes of at least 4 members (excludes halogenated alkanes) is 2. The second kappa shape index (κ2) is 30.9. The summed E-state index contributed by atoms with van der Waals surface area (Å²) in [5.41, 5.74) is 1.38. The zero-order valence-electron chi connectivity index (χ0n) is 46.7. The Balaban J connectivity index is 0.889. The summed E-state index contributed by atoms with van der Waals surface area (Å²) in [6, 6.07) is 16.9. The molecule has 0 aliphatic carbocycles. The minimum absolute atomic E-state index is 0.0306. The van der Waals surface area contributed by atoms with E-state index in [-0.39, 0.29) is 110 Å². The molecule has 3 saturated heterocycles. The van der Waals surface area contributed by atoms with Gasteiger partial charge in [0.15, 0.2) is 6.10 Å². The van der Waals surface area contributed by atoms with Crippen molar-refractivity contribution in [2.75, 3.05) is 56.2 Å². The number of nitrogens with one attached hydrogen (secondary N) is 3. The van der Waals surface area contributed by atoms with Gasteiger partial charge in [0.1, 0.15) is 60.1 Å². The smallest absolute Gasteiger partial charge is 0.335 e. The molecule has 458 valence electrons. The van der Waals surface area contributed by atoms with E-state index in [1.54, 1.807) is 6.20 Å². The van der Waals surface area contributed by atoms with Crippen molar-refractivity contribution in [1.82, 2.24) is 25.1 Å². The van der Waals surface area contributed by atoms with Crippen molar-refractivity contribution >= 4 is 58.8 Å². The number of thioether (sulfide) groups is 1. The monoisotopic (exact) mass is 1200 g/mol. The normalized spacial score (nSPS) is 22.3. The van der Waals surface area contributed by atoms with Crippen LogP contribution in [0.4, 0.5) is 18.9 Å². The van der Waals surface area contributed by atoms with Gasteiger partial charge >= 0.3 is 11.9 Å². The van der Waals surface area contributed by atoms with Crippen LogP contribution in [0.5, 0.6) is 5.75 Å². The van der Waals surface area contributed by atoms with Crippen LogP contribution in [0, 0.1) is 29.4 Å². The second-order valence-corrected chi connectivity index (χ2v) is 22.7. The standard InChI is InChI=1S/C60H71F3N6O15S/c61-39-13-14-42(62)40(28-39)45-32-68(31-35-8-3-1-4-9-35)58(67-45)53(37-19-23-81-24-20-37)41(27-38-29-64-30-43(38)63)46(70)34-85-25-7-11-52(75)82-33-36-12-15-47(83-60-56(78)54(76)55(77)57(84-60)59(79)80)44(26-36)66-49(72)18-21-65-48(71)10-5-2-6-22-69-50(73)16-17-51(69)74/h1,3-4,8-9,12-17,26,28,32,37-38,41,43,53-57,60,64,76-78H,2,5-7,10-11,18-25,27,29-31,33-34H2,(H,65,71)(H,66,72)(H,79,80)/t38-,41?,43+,53+,54+,55+,56-,57-,60+/m1/s1. The molecule has 9 atom stereocenters. The first-order chi connectivity index (χ1) is 40.9. The fourth-order valence-corrected chi connectivity index (χ4v) is 11.8. The number of carbonyl (C=O) groups excluding carboxylic acids is 6. The van der Waals surface area contributed by atoms with E-state index in [0.717, 1.165) is 28.7 Å². The van der Waals surface area contributed by atoms with Crippen LogP contribution in [0.15, 0.2) is 85.1 Å². The lowest BCUT2D eigenvalue weighted by molar-refractivity contribution is -0.271. The van der Waals surface area contributed by atoms with E-state index in [2.05, 4.69) is 16.0 Å². The quantitative estimate of drug-likeness (QED) is 0.0206. The van der Waals surface area contributed by atoms with E-state index >= 15 is 8.78 Å². The maximum Gasteiger partial charge on any atom is 0.335 e. The summed E-state index contributed by atoms with van der Waals surface area (Å²) in [5, 5.41) is 49.3. The van der Waals surface area contributed by atoms with Gasteiger partial charge in [-0.25, -0.2) is 22.9 Å². The van der Waals surface area contributed by atoms with Gasteiger partial charge < -0.3 is 59.9 Å². The average Bonchev–Trinajstić information content (AvgIpc) is 2.74. The van der Waals surface area contributed by atoms with Crippen LogP contribution in [-0.4, -0.2) is 164 Å². The molecule has 7 N–H and O–H groups in total. The number of alkyl halides is 1. The van der Waals surface area contributed by atoms with Crippen molar-refractivity contribution in [2.24, 2.45) is 17.8 Å². The number of hydrogen-bond donors (Lipinski definition) is 7. The molecule has 4 aliphatic heterocycles. The summed E-state index contributed by atoms with van der Waals surface area (Å²) < 4.78 is 69.9. The molecule has 0 spiro atoms. The number of imidazole rings is 1. The highest BCUT2D eigenvalue weighted by atomic mass is 32.2. The number of aliphatic carboxylic acids is 1. The summed E-state index contributed by atoms with van der Waals surface area (Å²) in [5.74, 6) is -6.52.